The number of methoxy groups -OCH3 is 1. The van der Waals surface area contributed by atoms with Gasteiger partial charge in [-0.15, -0.1) is 0 Å². The summed E-state index contributed by atoms with van der Waals surface area (Å²) in [6, 6.07) is 18.3. The quantitative estimate of drug-likeness (QED) is 0.264. The fourth-order valence-electron chi connectivity index (χ4n) is 8.26. The van der Waals surface area contributed by atoms with Crippen LogP contribution in [0.3, 0.4) is 0 Å². The van der Waals surface area contributed by atoms with E-state index >= 15 is 0 Å². The first kappa shape index (κ1) is 28.5. The molecule has 0 unspecified atom stereocenters. The topological polar surface area (TPSA) is 112 Å². The van der Waals surface area contributed by atoms with Crippen LogP contribution in [0.25, 0.3) is 33.5 Å². The second-order valence-electron chi connectivity index (χ2n) is 14.0. The van der Waals surface area contributed by atoms with Crippen LogP contribution in [0.2, 0.25) is 0 Å². The summed E-state index contributed by atoms with van der Waals surface area (Å²) in [5.74, 6) is 2.77. The van der Waals surface area contributed by atoms with Crippen LogP contribution in [-0.4, -0.2) is 79.5 Å². The molecule has 0 spiro atoms. The van der Waals surface area contributed by atoms with E-state index in [4.69, 9.17) is 15.5 Å². The van der Waals surface area contributed by atoms with E-state index < -0.39 is 0 Å². The smallest absolute Gasteiger partial charge is 0.255 e. The third-order valence-electron chi connectivity index (χ3n) is 11.0. The third kappa shape index (κ3) is 4.72. The number of pyridine rings is 1. The van der Waals surface area contributed by atoms with E-state index in [-0.39, 0.29) is 29.8 Å². The molecule has 2 aromatic carbocycles. The number of likely N-dealkylation sites (tertiary alicyclic amines) is 2. The molecule has 5 heterocycles. The minimum Gasteiger partial charge on any atom is -0.494 e. The number of nitrogens with two attached hydrogens (primary N) is 1. The zero-order valence-corrected chi connectivity index (χ0v) is 26.6. The molecule has 2 aliphatic carbocycles. The lowest BCUT2D eigenvalue weighted by Gasteiger charge is -2.39. The number of para-hydroxylation sites is 1. The fraction of sp³-hybridized carbons (Fsp3) is 0.405. The lowest BCUT2D eigenvalue weighted by atomic mass is 9.98. The van der Waals surface area contributed by atoms with E-state index in [1.807, 2.05) is 28.0 Å². The molecule has 47 heavy (non-hydrogen) atoms. The van der Waals surface area contributed by atoms with Crippen molar-refractivity contribution < 1.29 is 14.3 Å². The molecule has 10 heteroatoms. The predicted molar refractivity (Wildman–Crippen MR) is 179 cm³/mol. The molecule has 2 aliphatic heterocycles. The Morgan fingerprint density at radius 2 is 1.72 bits per heavy atom. The van der Waals surface area contributed by atoms with Gasteiger partial charge in [0, 0.05) is 79.6 Å². The maximum absolute atomic E-state index is 13.9. The number of nitrogens with zero attached hydrogens (tertiary/aromatic N) is 6. The summed E-state index contributed by atoms with van der Waals surface area (Å²) in [5, 5.41) is 1.18. The highest BCUT2D eigenvalue weighted by Gasteiger charge is 2.47. The molecule has 2 N–H and O–H groups in total. The van der Waals surface area contributed by atoms with Crippen molar-refractivity contribution >= 4 is 33.8 Å². The Morgan fingerprint density at radius 3 is 2.45 bits per heavy atom. The molecule has 2 bridgehead atoms. The van der Waals surface area contributed by atoms with Gasteiger partial charge >= 0.3 is 0 Å². The zero-order chi connectivity index (χ0) is 31.8. The molecule has 240 valence electrons. The number of rotatable bonds is 8. The number of aromatic nitrogens is 4. The summed E-state index contributed by atoms with van der Waals surface area (Å²) in [4.78, 5) is 40.3. The SMILES string of the molecule is COc1cc(C(=O)N2C[C@H]3CC[C@@H]2[C@@H]3N)cc2nc(-c3cc4ccccc4n3CC3CC3)n(CC3CN(C(=O)c4cccnc4)C3)c12. The van der Waals surface area contributed by atoms with Crippen LogP contribution in [-0.2, 0) is 13.1 Å². The van der Waals surface area contributed by atoms with Crippen molar-refractivity contribution in [2.75, 3.05) is 26.7 Å². The average molecular weight is 630 g/mol. The number of hydrogen-bond acceptors (Lipinski definition) is 6. The van der Waals surface area contributed by atoms with Crippen molar-refractivity contribution in [1.82, 2.24) is 28.9 Å². The monoisotopic (exact) mass is 629 g/mol. The second kappa shape index (κ2) is 10.9. The minimum absolute atomic E-state index is 0.00431. The van der Waals surface area contributed by atoms with E-state index in [9.17, 15) is 9.59 Å². The lowest BCUT2D eigenvalue weighted by Crippen LogP contribution is -2.51. The summed E-state index contributed by atoms with van der Waals surface area (Å²) >= 11 is 0. The molecular weight excluding hydrogens is 590 g/mol. The Balaban J connectivity index is 1.13. The fourth-order valence-corrected chi connectivity index (χ4v) is 8.26. The first-order valence-corrected chi connectivity index (χ1v) is 16.9. The molecule has 3 aromatic heterocycles. The number of benzene rings is 2. The van der Waals surface area contributed by atoms with Gasteiger partial charge in [0.15, 0.2) is 5.82 Å². The van der Waals surface area contributed by atoms with Crippen LogP contribution in [0.1, 0.15) is 46.4 Å². The van der Waals surface area contributed by atoms with Gasteiger partial charge < -0.3 is 29.4 Å². The van der Waals surface area contributed by atoms with Crippen LogP contribution in [0.5, 0.6) is 5.75 Å². The van der Waals surface area contributed by atoms with Gasteiger partial charge in [0.2, 0.25) is 0 Å². The average Bonchev–Trinajstić information content (AvgIpc) is 3.44. The van der Waals surface area contributed by atoms with Crippen LogP contribution >= 0.6 is 0 Å². The van der Waals surface area contributed by atoms with Crippen molar-refractivity contribution in [3.05, 3.63) is 78.1 Å². The molecule has 10 nitrogen and oxygen atoms in total. The Hall–Kier alpha value is -4.70. The molecule has 9 rings (SSSR count). The van der Waals surface area contributed by atoms with Gasteiger partial charge in [-0.25, -0.2) is 4.98 Å². The van der Waals surface area contributed by atoms with Gasteiger partial charge in [0.05, 0.1) is 23.9 Å². The second-order valence-corrected chi connectivity index (χ2v) is 14.0. The number of amides is 2. The Labute approximate surface area is 273 Å². The van der Waals surface area contributed by atoms with Crippen molar-refractivity contribution in [1.29, 1.82) is 0 Å². The van der Waals surface area contributed by atoms with Crippen LogP contribution in [0.15, 0.2) is 67.0 Å². The maximum atomic E-state index is 13.9. The molecule has 4 aliphatic rings. The highest BCUT2D eigenvalue weighted by Crippen LogP contribution is 2.41. The van der Waals surface area contributed by atoms with E-state index in [2.05, 4.69) is 44.5 Å². The highest BCUT2D eigenvalue weighted by molar-refractivity contribution is 6.01. The molecule has 2 saturated heterocycles. The van der Waals surface area contributed by atoms with Gasteiger partial charge in [-0.1, -0.05) is 18.2 Å². The van der Waals surface area contributed by atoms with Crippen molar-refractivity contribution in [2.24, 2.45) is 23.5 Å². The summed E-state index contributed by atoms with van der Waals surface area (Å²) in [7, 11) is 1.66. The highest BCUT2D eigenvalue weighted by atomic mass is 16.5. The van der Waals surface area contributed by atoms with Crippen molar-refractivity contribution in [3.8, 4) is 17.3 Å². The standard InChI is InChI=1S/C37H39N7O3/c1-47-32-15-27(37(46)43-21-26-10-11-30(43)33(26)38)13-28-34(32)44(20-23-17-41(18-23)36(45)25-6-4-12-39-16-25)35(40-28)31-14-24-5-2-3-7-29(24)42(31)19-22-8-9-22/h2-7,12-16,22-23,26,30,33H,8-11,17-21,38H2,1H3/t26-,30-,33-/m1/s1. The zero-order valence-electron chi connectivity index (χ0n) is 26.6. The van der Waals surface area contributed by atoms with E-state index in [1.165, 1.54) is 23.7 Å². The third-order valence-corrected chi connectivity index (χ3v) is 11.0. The molecule has 0 radical (unpaired) electrons. The summed E-state index contributed by atoms with van der Waals surface area (Å²) in [6.07, 6.45) is 7.84. The molecule has 2 amide bonds. The lowest BCUT2D eigenvalue weighted by molar-refractivity contribution is 0.0471. The van der Waals surface area contributed by atoms with Gasteiger partial charge in [-0.3, -0.25) is 14.6 Å². The number of imidazole rings is 1. The first-order chi connectivity index (χ1) is 23.0. The molecule has 4 fully saturated rings. The Kier molecular flexibility index (Phi) is 6.64. The molecule has 5 aromatic rings. The van der Waals surface area contributed by atoms with Crippen LogP contribution in [0.4, 0.5) is 0 Å². The number of ether oxygens (including phenoxy) is 1. The summed E-state index contributed by atoms with van der Waals surface area (Å²) < 4.78 is 10.7. The predicted octanol–water partition coefficient (Wildman–Crippen LogP) is 4.81. The van der Waals surface area contributed by atoms with Crippen molar-refractivity contribution in [3.63, 3.8) is 0 Å². The van der Waals surface area contributed by atoms with Gasteiger partial charge in [-0.2, -0.15) is 0 Å². The normalized spacial score (nSPS) is 22.4. The Bertz CT molecular complexity index is 2020. The summed E-state index contributed by atoms with van der Waals surface area (Å²) in [5.41, 5.74) is 11.5. The number of piperidine rings is 1. The number of carbonyl (C=O) groups is 2. The molecule has 3 atom stereocenters. The van der Waals surface area contributed by atoms with Gasteiger partial charge in [-0.05, 0) is 73.9 Å². The molecular formula is C37H39N7O3. The van der Waals surface area contributed by atoms with E-state index in [0.717, 1.165) is 41.9 Å². The van der Waals surface area contributed by atoms with E-state index in [0.29, 0.717) is 54.9 Å². The minimum atomic E-state index is -0.00431. The number of fused-ring (bicyclic) bond motifs is 4. The Morgan fingerprint density at radius 1 is 0.894 bits per heavy atom. The van der Waals surface area contributed by atoms with Gasteiger partial charge in [0.25, 0.3) is 11.8 Å². The number of carbonyl (C=O) groups excluding carboxylic acids is 2. The van der Waals surface area contributed by atoms with Crippen molar-refractivity contribution in [2.45, 2.75) is 50.9 Å². The largest absolute Gasteiger partial charge is 0.494 e. The van der Waals surface area contributed by atoms with Crippen LogP contribution in [0, 0.1) is 17.8 Å². The van der Waals surface area contributed by atoms with Crippen LogP contribution < -0.4 is 10.5 Å². The molecule has 2 saturated carbocycles. The van der Waals surface area contributed by atoms with Gasteiger partial charge in [0.1, 0.15) is 11.3 Å². The maximum Gasteiger partial charge on any atom is 0.255 e. The number of hydrogen-bond donors (Lipinski definition) is 1. The first-order valence-electron chi connectivity index (χ1n) is 16.9. The van der Waals surface area contributed by atoms with E-state index in [1.54, 1.807) is 25.6 Å². The summed E-state index contributed by atoms with van der Waals surface area (Å²) in [6.45, 7) is 3.62.